The van der Waals surface area contributed by atoms with E-state index in [1.54, 1.807) is 19.1 Å². The van der Waals surface area contributed by atoms with E-state index >= 15 is 0 Å². The summed E-state index contributed by atoms with van der Waals surface area (Å²) >= 11 is 0. The second-order valence-corrected chi connectivity index (χ2v) is 10.3. The average molecular weight is 482 g/mol. The highest BCUT2D eigenvalue weighted by Gasteiger charge is 2.30. The van der Waals surface area contributed by atoms with Crippen LogP contribution in [0.25, 0.3) is 10.8 Å². The summed E-state index contributed by atoms with van der Waals surface area (Å²) < 4.78 is 26.7. The van der Waals surface area contributed by atoms with Crippen LogP contribution in [0.1, 0.15) is 25.0 Å². The zero-order valence-electron chi connectivity index (χ0n) is 20.0. The molecule has 0 saturated carbocycles. The molecule has 0 bridgehead atoms. The van der Waals surface area contributed by atoms with Crippen molar-refractivity contribution in [3.63, 3.8) is 0 Å². The predicted molar refractivity (Wildman–Crippen MR) is 136 cm³/mol. The maximum Gasteiger partial charge on any atom is 0.244 e. The van der Waals surface area contributed by atoms with E-state index < -0.39 is 28.5 Å². The molecule has 0 heterocycles. The van der Waals surface area contributed by atoms with Crippen molar-refractivity contribution < 1.29 is 18.0 Å². The van der Waals surface area contributed by atoms with Gasteiger partial charge in [0, 0.05) is 18.5 Å². The number of anilines is 1. The largest absolute Gasteiger partial charge is 0.355 e. The van der Waals surface area contributed by atoms with Crippen molar-refractivity contribution in [3.8, 4) is 0 Å². The first-order valence-electron chi connectivity index (χ1n) is 11.2. The summed E-state index contributed by atoms with van der Waals surface area (Å²) in [4.78, 5) is 27.6. The molecule has 1 N–H and O–H groups in total. The maximum atomic E-state index is 13.6. The number of carbonyl (C=O) groups is 2. The van der Waals surface area contributed by atoms with Gasteiger partial charge in [-0.15, -0.1) is 0 Å². The van der Waals surface area contributed by atoms with Crippen molar-refractivity contribution in [1.82, 2.24) is 10.2 Å². The van der Waals surface area contributed by atoms with Gasteiger partial charge in [-0.3, -0.25) is 13.9 Å². The monoisotopic (exact) mass is 481 g/mol. The van der Waals surface area contributed by atoms with Crippen LogP contribution in [0, 0.1) is 6.92 Å². The molecule has 8 heteroatoms. The molecular formula is C26H31N3O4S. The van der Waals surface area contributed by atoms with E-state index in [-0.39, 0.29) is 12.5 Å². The van der Waals surface area contributed by atoms with Gasteiger partial charge < -0.3 is 10.2 Å². The molecule has 0 aromatic heterocycles. The lowest BCUT2D eigenvalue weighted by Gasteiger charge is -2.31. The van der Waals surface area contributed by atoms with Crippen molar-refractivity contribution >= 4 is 38.3 Å². The van der Waals surface area contributed by atoms with Crippen LogP contribution in [0.3, 0.4) is 0 Å². The predicted octanol–water partition coefficient (Wildman–Crippen LogP) is 3.47. The normalized spacial score (nSPS) is 12.2. The summed E-state index contributed by atoms with van der Waals surface area (Å²) in [5.74, 6) is -0.753. The van der Waals surface area contributed by atoms with Gasteiger partial charge in [0.25, 0.3) is 0 Å². The molecular weight excluding hydrogens is 450 g/mol. The maximum absolute atomic E-state index is 13.6. The Morgan fingerprint density at radius 1 is 0.971 bits per heavy atom. The van der Waals surface area contributed by atoms with Gasteiger partial charge in [0.2, 0.25) is 21.8 Å². The van der Waals surface area contributed by atoms with E-state index in [0.717, 1.165) is 32.5 Å². The quantitative estimate of drug-likeness (QED) is 0.507. The van der Waals surface area contributed by atoms with Crippen LogP contribution in [-0.4, -0.2) is 50.5 Å². The van der Waals surface area contributed by atoms with E-state index in [9.17, 15) is 18.0 Å². The standard InChI is InChI=1S/C26H31N3O4S/c1-5-27-26(31)20(3)28(17-21-15-13-19(2)14-16-21)25(30)18-29(34(4,32)33)24-12-8-10-22-9-6-7-11-23(22)24/h6-16,20H,5,17-18H2,1-4H3,(H,27,31). The van der Waals surface area contributed by atoms with Crippen LogP contribution < -0.4 is 9.62 Å². The third kappa shape index (κ3) is 5.94. The topological polar surface area (TPSA) is 86.8 Å². The molecule has 0 aliphatic heterocycles. The van der Waals surface area contributed by atoms with Gasteiger partial charge in [-0.2, -0.15) is 0 Å². The fourth-order valence-electron chi connectivity index (χ4n) is 3.82. The highest BCUT2D eigenvalue weighted by atomic mass is 32.2. The number of likely N-dealkylation sites (N-methyl/N-ethyl adjacent to an activating group) is 1. The van der Waals surface area contributed by atoms with E-state index in [0.29, 0.717) is 12.2 Å². The minimum atomic E-state index is -3.79. The number of sulfonamides is 1. The van der Waals surface area contributed by atoms with Gasteiger partial charge in [0.1, 0.15) is 12.6 Å². The fraction of sp³-hybridized carbons (Fsp3) is 0.308. The third-order valence-electron chi connectivity index (χ3n) is 5.71. The number of nitrogens with one attached hydrogen (secondary N) is 1. The number of nitrogens with zero attached hydrogens (tertiary/aromatic N) is 2. The summed E-state index contributed by atoms with van der Waals surface area (Å²) in [6.45, 7) is 5.63. The Morgan fingerprint density at radius 3 is 2.26 bits per heavy atom. The molecule has 1 unspecified atom stereocenters. The Bertz CT molecular complexity index is 1270. The van der Waals surface area contributed by atoms with E-state index in [4.69, 9.17) is 0 Å². The summed E-state index contributed by atoms with van der Waals surface area (Å²) in [6, 6.07) is 19.7. The van der Waals surface area contributed by atoms with Gasteiger partial charge in [0.15, 0.2) is 0 Å². The molecule has 0 saturated heterocycles. The summed E-state index contributed by atoms with van der Waals surface area (Å²) in [6.07, 6.45) is 1.08. The van der Waals surface area contributed by atoms with E-state index in [1.807, 2.05) is 68.4 Å². The van der Waals surface area contributed by atoms with Crippen molar-refractivity contribution in [1.29, 1.82) is 0 Å². The van der Waals surface area contributed by atoms with Crippen LogP contribution in [0.15, 0.2) is 66.7 Å². The lowest BCUT2D eigenvalue weighted by atomic mass is 10.1. The number of benzene rings is 3. The minimum Gasteiger partial charge on any atom is -0.355 e. The molecule has 180 valence electrons. The molecule has 7 nitrogen and oxygen atoms in total. The smallest absolute Gasteiger partial charge is 0.244 e. The number of hydrogen-bond donors (Lipinski definition) is 1. The highest BCUT2D eigenvalue weighted by molar-refractivity contribution is 7.92. The van der Waals surface area contributed by atoms with Gasteiger partial charge in [-0.05, 0) is 37.8 Å². The second-order valence-electron chi connectivity index (χ2n) is 8.35. The van der Waals surface area contributed by atoms with Gasteiger partial charge >= 0.3 is 0 Å². The first-order chi connectivity index (χ1) is 16.1. The number of fused-ring (bicyclic) bond motifs is 1. The Hall–Kier alpha value is -3.39. The van der Waals surface area contributed by atoms with Crippen LogP contribution in [0.2, 0.25) is 0 Å². The Kier molecular flexibility index (Phi) is 7.94. The number of carbonyl (C=O) groups excluding carboxylic acids is 2. The van der Waals surface area contributed by atoms with E-state index in [1.165, 1.54) is 4.90 Å². The molecule has 0 aliphatic rings. The molecule has 1 atom stereocenters. The molecule has 0 fully saturated rings. The lowest BCUT2D eigenvalue weighted by Crippen LogP contribution is -2.51. The Labute approximate surface area is 201 Å². The van der Waals surface area contributed by atoms with Gasteiger partial charge in [-0.25, -0.2) is 8.42 Å². The average Bonchev–Trinajstić information content (AvgIpc) is 2.80. The van der Waals surface area contributed by atoms with Crippen LogP contribution in [-0.2, 0) is 26.2 Å². The van der Waals surface area contributed by atoms with Crippen LogP contribution in [0.4, 0.5) is 5.69 Å². The first kappa shape index (κ1) is 25.2. The molecule has 0 radical (unpaired) electrons. The molecule has 0 spiro atoms. The van der Waals surface area contributed by atoms with Crippen molar-refractivity contribution in [3.05, 3.63) is 77.9 Å². The van der Waals surface area contributed by atoms with Crippen LogP contribution >= 0.6 is 0 Å². The molecule has 2 amide bonds. The molecule has 34 heavy (non-hydrogen) atoms. The number of rotatable bonds is 9. The molecule has 3 rings (SSSR count). The zero-order valence-corrected chi connectivity index (χ0v) is 20.8. The van der Waals surface area contributed by atoms with Crippen molar-refractivity contribution in [2.75, 3.05) is 23.7 Å². The Morgan fingerprint density at radius 2 is 1.62 bits per heavy atom. The zero-order chi connectivity index (χ0) is 24.9. The Balaban J connectivity index is 1.98. The van der Waals surface area contributed by atoms with Crippen molar-refractivity contribution in [2.45, 2.75) is 33.4 Å². The second kappa shape index (κ2) is 10.7. The lowest BCUT2D eigenvalue weighted by molar-refractivity contribution is -0.139. The molecule has 3 aromatic rings. The number of aryl methyl sites for hydroxylation is 1. The van der Waals surface area contributed by atoms with Crippen molar-refractivity contribution in [2.24, 2.45) is 0 Å². The van der Waals surface area contributed by atoms with E-state index in [2.05, 4.69) is 5.32 Å². The minimum absolute atomic E-state index is 0.185. The molecule has 0 aliphatic carbocycles. The summed E-state index contributed by atoms with van der Waals surface area (Å²) in [5.41, 5.74) is 2.36. The SMILES string of the molecule is CCNC(=O)C(C)N(Cc1ccc(C)cc1)C(=O)CN(c1cccc2ccccc12)S(C)(=O)=O. The molecule has 3 aromatic carbocycles. The summed E-state index contributed by atoms with van der Waals surface area (Å²) in [5, 5.41) is 4.35. The van der Waals surface area contributed by atoms with Gasteiger partial charge in [0.05, 0.1) is 11.9 Å². The third-order valence-corrected chi connectivity index (χ3v) is 6.83. The number of hydrogen-bond acceptors (Lipinski definition) is 4. The number of amides is 2. The highest BCUT2D eigenvalue weighted by Crippen LogP contribution is 2.28. The van der Waals surface area contributed by atoms with Crippen LogP contribution in [0.5, 0.6) is 0 Å². The first-order valence-corrected chi connectivity index (χ1v) is 13.0. The fourth-order valence-corrected chi connectivity index (χ4v) is 4.68. The van der Waals surface area contributed by atoms with Gasteiger partial charge in [-0.1, -0.05) is 66.2 Å². The summed E-state index contributed by atoms with van der Waals surface area (Å²) in [7, 11) is -3.79.